The molecule has 0 amide bonds. The van der Waals surface area contributed by atoms with E-state index in [1.54, 1.807) is 0 Å². The van der Waals surface area contributed by atoms with E-state index in [-0.39, 0.29) is 25.6 Å². The number of carbonyl (C=O) groups is 1. The van der Waals surface area contributed by atoms with Crippen molar-refractivity contribution in [1.82, 2.24) is 5.32 Å². The Bertz CT molecular complexity index is 280. The summed E-state index contributed by atoms with van der Waals surface area (Å²) >= 11 is 0. The van der Waals surface area contributed by atoms with Crippen LogP contribution in [0.15, 0.2) is 0 Å². The topological polar surface area (TPSA) is 47.6 Å². The van der Waals surface area contributed by atoms with E-state index in [4.69, 9.17) is 4.74 Å². The molecular weight excluding hydrogens is 263 g/mol. The Hall–Kier alpha value is -0.820. The molecule has 1 atom stereocenters. The van der Waals surface area contributed by atoms with Crippen LogP contribution in [-0.4, -0.2) is 44.6 Å². The van der Waals surface area contributed by atoms with Crippen molar-refractivity contribution in [1.29, 1.82) is 0 Å². The smallest absolute Gasteiger partial charge is 0.389 e. The molecule has 0 aromatic rings. The van der Waals surface area contributed by atoms with Gasteiger partial charge in [-0.05, 0) is 25.7 Å². The van der Waals surface area contributed by atoms with Crippen LogP contribution in [0.4, 0.5) is 13.2 Å². The molecule has 1 N–H and O–H groups in total. The number of hydrogen-bond donors (Lipinski definition) is 1. The van der Waals surface area contributed by atoms with Gasteiger partial charge in [0.1, 0.15) is 6.04 Å². The van der Waals surface area contributed by atoms with Gasteiger partial charge in [-0.3, -0.25) is 4.79 Å². The molecule has 1 rings (SSSR count). The second-order valence-corrected chi connectivity index (χ2v) is 4.64. The summed E-state index contributed by atoms with van der Waals surface area (Å²) in [7, 11) is 1.31. The number of methoxy groups -OCH3 is 1. The molecule has 1 aliphatic carbocycles. The van der Waals surface area contributed by atoms with Crippen LogP contribution in [0.3, 0.4) is 0 Å². The maximum Gasteiger partial charge on any atom is 0.389 e. The summed E-state index contributed by atoms with van der Waals surface area (Å²) in [6.07, 6.45) is -2.53. The normalized spacial score (nSPS) is 17.3. The third-order valence-electron chi connectivity index (χ3n) is 2.80. The van der Waals surface area contributed by atoms with Gasteiger partial charge in [-0.25, -0.2) is 0 Å². The lowest BCUT2D eigenvalue weighted by Crippen LogP contribution is -2.39. The van der Waals surface area contributed by atoms with Crippen molar-refractivity contribution in [3.8, 4) is 0 Å². The van der Waals surface area contributed by atoms with Crippen molar-refractivity contribution in [3.05, 3.63) is 0 Å². The Labute approximate surface area is 110 Å². The summed E-state index contributed by atoms with van der Waals surface area (Å²) in [6, 6.07) is -0.0746. The quantitative estimate of drug-likeness (QED) is 0.519. The molecule has 0 spiro atoms. The van der Waals surface area contributed by atoms with Crippen LogP contribution in [0.5, 0.6) is 0 Å². The van der Waals surface area contributed by atoms with Crippen molar-refractivity contribution in [3.63, 3.8) is 0 Å². The standard InChI is InChI=1S/C12H20F3NO3/c1-18-11(17)10(16-9-3-4-9)5-8-19-7-2-6-12(13,14)15/h9-10,16H,2-8H2,1H3. The van der Waals surface area contributed by atoms with Crippen molar-refractivity contribution in [2.45, 2.75) is 50.4 Å². The predicted octanol–water partition coefficient (Wildman–Crippen LogP) is 2.03. The van der Waals surface area contributed by atoms with Crippen LogP contribution >= 0.6 is 0 Å². The summed E-state index contributed by atoms with van der Waals surface area (Å²) in [5.41, 5.74) is 0. The van der Waals surface area contributed by atoms with Gasteiger partial charge in [0.2, 0.25) is 0 Å². The average Bonchev–Trinajstić information content (AvgIpc) is 3.13. The summed E-state index contributed by atoms with van der Waals surface area (Å²) < 4.78 is 45.4. The fraction of sp³-hybridized carbons (Fsp3) is 0.917. The molecular formula is C12H20F3NO3. The Kier molecular flexibility index (Phi) is 6.57. The van der Waals surface area contributed by atoms with Gasteiger partial charge >= 0.3 is 12.1 Å². The Balaban J connectivity index is 2.08. The van der Waals surface area contributed by atoms with Gasteiger partial charge < -0.3 is 14.8 Å². The number of halogens is 3. The van der Waals surface area contributed by atoms with Gasteiger partial charge in [0.25, 0.3) is 0 Å². The van der Waals surface area contributed by atoms with E-state index in [1.807, 2.05) is 0 Å². The number of carbonyl (C=O) groups excluding carboxylic acids is 1. The number of nitrogens with one attached hydrogen (secondary N) is 1. The van der Waals surface area contributed by atoms with Crippen LogP contribution in [0, 0.1) is 0 Å². The van der Waals surface area contributed by atoms with E-state index in [9.17, 15) is 18.0 Å². The Morgan fingerprint density at radius 2 is 2.05 bits per heavy atom. The van der Waals surface area contributed by atoms with Crippen LogP contribution < -0.4 is 5.32 Å². The highest BCUT2D eigenvalue weighted by Gasteiger charge is 2.29. The first-order valence-electron chi connectivity index (χ1n) is 6.41. The first-order valence-corrected chi connectivity index (χ1v) is 6.41. The highest BCUT2D eigenvalue weighted by Crippen LogP contribution is 2.21. The molecule has 0 aromatic carbocycles. The number of ether oxygens (including phenoxy) is 2. The highest BCUT2D eigenvalue weighted by molar-refractivity contribution is 5.75. The Morgan fingerprint density at radius 3 is 2.58 bits per heavy atom. The SMILES string of the molecule is COC(=O)C(CCOCCCC(F)(F)F)NC1CC1. The monoisotopic (exact) mass is 283 g/mol. The van der Waals surface area contributed by atoms with E-state index in [0.29, 0.717) is 12.5 Å². The molecule has 0 aromatic heterocycles. The second-order valence-electron chi connectivity index (χ2n) is 4.64. The fourth-order valence-corrected chi connectivity index (χ4v) is 1.62. The lowest BCUT2D eigenvalue weighted by molar-refractivity contribution is -0.143. The van der Waals surface area contributed by atoms with E-state index < -0.39 is 18.6 Å². The second kappa shape index (κ2) is 7.69. The minimum Gasteiger partial charge on any atom is -0.468 e. The molecule has 7 heteroatoms. The average molecular weight is 283 g/mol. The molecule has 0 bridgehead atoms. The predicted molar refractivity (Wildman–Crippen MR) is 62.7 cm³/mol. The molecule has 1 fully saturated rings. The molecule has 1 aliphatic rings. The van der Waals surface area contributed by atoms with Crippen LogP contribution in [0.2, 0.25) is 0 Å². The van der Waals surface area contributed by atoms with Crippen molar-refractivity contribution >= 4 is 5.97 Å². The highest BCUT2D eigenvalue weighted by atomic mass is 19.4. The third kappa shape index (κ3) is 8.05. The van der Waals surface area contributed by atoms with Gasteiger partial charge in [0, 0.05) is 25.7 Å². The zero-order chi connectivity index (χ0) is 14.3. The zero-order valence-corrected chi connectivity index (χ0v) is 11.0. The van der Waals surface area contributed by atoms with Crippen LogP contribution in [-0.2, 0) is 14.3 Å². The lowest BCUT2D eigenvalue weighted by Gasteiger charge is -2.16. The number of alkyl halides is 3. The summed E-state index contributed by atoms with van der Waals surface area (Å²) in [5, 5.41) is 3.12. The van der Waals surface area contributed by atoms with Crippen molar-refractivity contribution < 1.29 is 27.4 Å². The summed E-state index contributed by atoms with van der Waals surface area (Å²) in [6.45, 7) is 0.300. The number of hydrogen-bond acceptors (Lipinski definition) is 4. The molecule has 0 radical (unpaired) electrons. The van der Waals surface area contributed by atoms with Gasteiger partial charge in [-0.2, -0.15) is 13.2 Å². The molecule has 1 unspecified atom stereocenters. The summed E-state index contributed by atoms with van der Waals surface area (Å²) in [5.74, 6) is -0.356. The van der Waals surface area contributed by atoms with Gasteiger partial charge in [0.15, 0.2) is 0 Å². The van der Waals surface area contributed by atoms with Gasteiger partial charge in [-0.1, -0.05) is 0 Å². The van der Waals surface area contributed by atoms with Gasteiger partial charge in [0.05, 0.1) is 7.11 Å². The minimum atomic E-state index is -4.13. The van der Waals surface area contributed by atoms with E-state index in [1.165, 1.54) is 7.11 Å². The molecule has 112 valence electrons. The number of esters is 1. The molecule has 19 heavy (non-hydrogen) atoms. The molecule has 0 heterocycles. The Morgan fingerprint density at radius 1 is 1.37 bits per heavy atom. The molecule has 4 nitrogen and oxygen atoms in total. The van der Waals surface area contributed by atoms with E-state index in [2.05, 4.69) is 10.1 Å². The van der Waals surface area contributed by atoms with Crippen LogP contribution in [0.25, 0.3) is 0 Å². The third-order valence-corrected chi connectivity index (χ3v) is 2.80. The maximum atomic E-state index is 11.9. The number of rotatable bonds is 9. The molecule has 1 saturated carbocycles. The van der Waals surface area contributed by atoms with Gasteiger partial charge in [-0.15, -0.1) is 0 Å². The maximum absolute atomic E-state index is 11.9. The largest absolute Gasteiger partial charge is 0.468 e. The van der Waals surface area contributed by atoms with E-state index >= 15 is 0 Å². The molecule has 0 aliphatic heterocycles. The van der Waals surface area contributed by atoms with Crippen molar-refractivity contribution in [2.24, 2.45) is 0 Å². The van der Waals surface area contributed by atoms with E-state index in [0.717, 1.165) is 12.8 Å². The minimum absolute atomic E-state index is 0.0524. The zero-order valence-electron chi connectivity index (χ0n) is 11.0. The van der Waals surface area contributed by atoms with Crippen LogP contribution in [0.1, 0.15) is 32.1 Å². The molecule has 0 saturated heterocycles. The summed E-state index contributed by atoms with van der Waals surface area (Å²) in [4.78, 5) is 11.4. The van der Waals surface area contributed by atoms with Crippen molar-refractivity contribution in [2.75, 3.05) is 20.3 Å². The lowest BCUT2D eigenvalue weighted by atomic mass is 10.2. The fourth-order valence-electron chi connectivity index (χ4n) is 1.62. The first-order chi connectivity index (χ1) is 8.92. The first kappa shape index (κ1) is 16.2.